The lowest BCUT2D eigenvalue weighted by atomic mass is 9.93. The molecular weight excluding hydrogens is 246 g/mol. The molecule has 1 aliphatic heterocycles. The van der Waals surface area contributed by atoms with Crippen LogP contribution < -0.4 is 10.2 Å². The fourth-order valence-electron chi connectivity index (χ4n) is 2.95. The van der Waals surface area contributed by atoms with Crippen molar-refractivity contribution >= 4 is 5.69 Å². The Labute approximate surface area is 124 Å². The van der Waals surface area contributed by atoms with E-state index in [0.717, 1.165) is 12.5 Å². The number of benzene rings is 1. The van der Waals surface area contributed by atoms with E-state index in [1.54, 1.807) is 0 Å². The summed E-state index contributed by atoms with van der Waals surface area (Å²) in [5.41, 5.74) is 1.32. The van der Waals surface area contributed by atoms with Crippen LogP contribution in [0.15, 0.2) is 30.3 Å². The quantitative estimate of drug-likeness (QED) is 0.824. The number of hydrogen-bond donors (Lipinski definition) is 1. The van der Waals surface area contributed by atoms with E-state index in [4.69, 9.17) is 0 Å². The minimum Gasteiger partial charge on any atom is -0.373 e. The van der Waals surface area contributed by atoms with Crippen LogP contribution in [0.1, 0.15) is 19.3 Å². The molecule has 0 radical (unpaired) electrons. The zero-order valence-corrected chi connectivity index (χ0v) is 13.0. The number of likely N-dealkylation sites (N-methyl/N-ethyl adjacent to an activating group) is 1. The van der Waals surface area contributed by atoms with Crippen molar-refractivity contribution < 1.29 is 0 Å². The maximum Gasteiger partial charge on any atom is 0.0364 e. The highest BCUT2D eigenvalue weighted by atomic mass is 15.2. The minimum atomic E-state index is 0.936. The monoisotopic (exact) mass is 275 g/mol. The van der Waals surface area contributed by atoms with Crippen LogP contribution in [0.25, 0.3) is 0 Å². The van der Waals surface area contributed by atoms with Crippen LogP contribution in [0, 0.1) is 5.92 Å². The van der Waals surface area contributed by atoms with E-state index in [-0.39, 0.29) is 0 Å². The average Bonchev–Trinajstić information content (AvgIpc) is 2.52. The van der Waals surface area contributed by atoms with Crippen molar-refractivity contribution in [1.29, 1.82) is 0 Å². The number of para-hydroxylation sites is 1. The smallest absolute Gasteiger partial charge is 0.0364 e. The maximum absolute atomic E-state index is 3.26. The molecule has 0 atom stereocenters. The largest absolute Gasteiger partial charge is 0.373 e. The first-order valence-corrected chi connectivity index (χ1v) is 7.92. The second-order valence-corrected chi connectivity index (χ2v) is 5.93. The van der Waals surface area contributed by atoms with Crippen molar-refractivity contribution in [3.63, 3.8) is 0 Å². The first-order valence-electron chi connectivity index (χ1n) is 7.92. The third-order valence-electron chi connectivity index (χ3n) is 4.46. The third kappa shape index (κ3) is 4.80. The second-order valence-electron chi connectivity index (χ2n) is 5.93. The van der Waals surface area contributed by atoms with Crippen molar-refractivity contribution in [3.8, 4) is 0 Å². The van der Waals surface area contributed by atoms with Gasteiger partial charge in [-0.25, -0.2) is 0 Å². The van der Waals surface area contributed by atoms with E-state index in [2.05, 4.69) is 59.5 Å². The Bertz CT molecular complexity index is 358. The molecule has 0 amide bonds. The van der Waals surface area contributed by atoms with Crippen LogP contribution in [0.3, 0.4) is 0 Å². The SMILES string of the molecule is CNCCC1CCN(CCN(C)c2ccccc2)CC1. The van der Waals surface area contributed by atoms with Gasteiger partial charge in [0, 0.05) is 25.8 Å². The van der Waals surface area contributed by atoms with Crippen LogP contribution in [-0.4, -0.2) is 51.7 Å². The predicted molar refractivity (Wildman–Crippen MR) is 87.4 cm³/mol. The summed E-state index contributed by atoms with van der Waals surface area (Å²) in [6.07, 6.45) is 4.09. The van der Waals surface area contributed by atoms with Gasteiger partial charge in [0.2, 0.25) is 0 Å². The molecule has 0 bridgehead atoms. The first kappa shape index (κ1) is 15.3. The number of likely N-dealkylation sites (tertiary alicyclic amines) is 1. The molecule has 1 fully saturated rings. The van der Waals surface area contributed by atoms with Gasteiger partial charge >= 0.3 is 0 Å². The lowest BCUT2D eigenvalue weighted by Gasteiger charge is -2.33. The number of nitrogens with one attached hydrogen (secondary N) is 1. The van der Waals surface area contributed by atoms with Gasteiger partial charge in [0.15, 0.2) is 0 Å². The summed E-state index contributed by atoms with van der Waals surface area (Å²) in [5.74, 6) is 0.936. The second kappa shape index (κ2) is 8.28. The number of hydrogen-bond acceptors (Lipinski definition) is 3. The van der Waals surface area contributed by atoms with Crippen molar-refractivity contribution in [2.24, 2.45) is 5.92 Å². The molecule has 1 aromatic rings. The molecule has 0 spiro atoms. The Hall–Kier alpha value is -1.06. The van der Waals surface area contributed by atoms with Gasteiger partial charge in [0.05, 0.1) is 0 Å². The van der Waals surface area contributed by atoms with Gasteiger partial charge in [-0.3, -0.25) is 0 Å². The van der Waals surface area contributed by atoms with Gasteiger partial charge in [-0.15, -0.1) is 0 Å². The molecule has 0 aromatic heterocycles. The summed E-state index contributed by atoms with van der Waals surface area (Å²) in [5, 5.41) is 3.26. The standard InChI is InChI=1S/C17H29N3/c1-18-11-8-16-9-12-20(13-10-16)15-14-19(2)17-6-4-3-5-7-17/h3-7,16,18H,8-15H2,1-2H3. The van der Waals surface area contributed by atoms with Crippen LogP contribution in [0.5, 0.6) is 0 Å². The first-order chi connectivity index (χ1) is 9.79. The Kier molecular flexibility index (Phi) is 6.34. The molecule has 1 N–H and O–H groups in total. The highest BCUT2D eigenvalue weighted by molar-refractivity contribution is 5.44. The van der Waals surface area contributed by atoms with Gasteiger partial charge < -0.3 is 15.1 Å². The fraction of sp³-hybridized carbons (Fsp3) is 0.647. The minimum absolute atomic E-state index is 0.936. The van der Waals surface area contributed by atoms with Crippen LogP contribution >= 0.6 is 0 Å². The van der Waals surface area contributed by atoms with Crippen molar-refractivity contribution in [3.05, 3.63) is 30.3 Å². The topological polar surface area (TPSA) is 18.5 Å². The third-order valence-corrected chi connectivity index (χ3v) is 4.46. The van der Waals surface area contributed by atoms with E-state index in [0.29, 0.717) is 0 Å². The molecule has 0 saturated carbocycles. The molecule has 1 aromatic carbocycles. The highest BCUT2D eigenvalue weighted by Crippen LogP contribution is 2.20. The van der Waals surface area contributed by atoms with Gasteiger partial charge in [-0.05, 0) is 64.0 Å². The van der Waals surface area contributed by atoms with Gasteiger partial charge in [-0.1, -0.05) is 18.2 Å². The maximum atomic E-state index is 3.26. The van der Waals surface area contributed by atoms with Crippen LogP contribution in [0.2, 0.25) is 0 Å². The van der Waals surface area contributed by atoms with Gasteiger partial charge in [-0.2, -0.15) is 0 Å². The molecule has 112 valence electrons. The lowest BCUT2D eigenvalue weighted by Crippen LogP contribution is -2.39. The summed E-state index contributed by atoms with van der Waals surface area (Å²) >= 11 is 0. The van der Waals surface area contributed by atoms with Crippen molar-refractivity contribution in [2.75, 3.05) is 51.7 Å². The summed E-state index contributed by atoms with van der Waals surface area (Å²) in [4.78, 5) is 4.97. The highest BCUT2D eigenvalue weighted by Gasteiger charge is 2.18. The Balaban J connectivity index is 1.66. The molecule has 1 aliphatic rings. The Morgan fingerprint density at radius 1 is 1.20 bits per heavy atom. The number of piperidine rings is 1. The summed E-state index contributed by atoms with van der Waals surface area (Å²) < 4.78 is 0. The predicted octanol–water partition coefficient (Wildman–Crippen LogP) is 2.44. The fourth-order valence-corrected chi connectivity index (χ4v) is 2.95. The molecule has 20 heavy (non-hydrogen) atoms. The number of anilines is 1. The normalized spacial score (nSPS) is 17.3. The van der Waals surface area contributed by atoms with E-state index in [1.807, 2.05) is 0 Å². The van der Waals surface area contributed by atoms with E-state index in [1.165, 1.54) is 51.1 Å². The zero-order valence-electron chi connectivity index (χ0n) is 13.0. The van der Waals surface area contributed by atoms with E-state index in [9.17, 15) is 0 Å². The van der Waals surface area contributed by atoms with Gasteiger partial charge in [0.1, 0.15) is 0 Å². The molecule has 0 aliphatic carbocycles. The van der Waals surface area contributed by atoms with E-state index < -0.39 is 0 Å². The van der Waals surface area contributed by atoms with Crippen molar-refractivity contribution in [2.45, 2.75) is 19.3 Å². The Morgan fingerprint density at radius 3 is 2.55 bits per heavy atom. The van der Waals surface area contributed by atoms with Crippen molar-refractivity contribution in [1.82, 2.24) is 10.2 Å². The van der Waals surface area contributed by atoms with Crippen LogP contribution in [0.4, 0.5) is 5.69 Å². The molecular formula is C17H29N3. The molecule has 3 nitrogen and oxygen atoms in total. The molecule has 1 saturated heterocycles. The van der Waals surface area contributed by atoms with Gasteiger partial charge in [0.25, 0.3) is 0 Å². The number of nitrogens with zero attached hydrogens (tertiary/aromatic N) is 2. The Morgan fingerprint density at radius 2 is 1.90 bits per heavy atom. The summed E-state index contributed by atoms with van der Waals surface area (Å²) in [6.45, 7) is 6.02. The lowest BCUT2D eigenvalue weighted by molar-refractivity contribution is 0.183. The molecule has 3 heteroatoms. The molecule has 2 rings (SSSR count). The van der Waals surface area contributed by atoms with E-state index >= 15 is 0 Å². The van der Waals surface area contributed by atoms with Crippen LogP contribution in [-0.2, 0) is 0 Å². The summed E-state index contributed by atoms with van der Waals surface area (Å²) in [7, 11) is 4.24. The number of rotatable bonds is 7. The summed E-state index contributed by atoms with van der Waals surface area (Å²) in [6, 6.07) is 10.7. The molecule has 1 heterocycles. The average molecular weight is 275 g/mol. The zero-order chi connectivity index (χ0) is 14.2. The molecule has 0 unspecified atom stereocenters.